The molecule has 0 fully saturated rings. The highest BCUT2D eigenvalue weighted by molar-refractivity contribution is 5.90. The van der Waals surface area contributed by atoms with Crippen LogP contribution in [0.1, 0.15) is 23.2 Å². The molecule has 146 valence electrons. The lowest BCUT2D eigenvalue weighted by molar-refractivity contribution is 0.0429. The molecule has 0 aliphatic carbocycles. The molecular formula is C20H20N2O6. The van der Waals surface area contributed by atoms with E-state index in [2.05, 4.69) is 10.1 Å². The number of carbonyl (C=O) groups excluding carboxylic acids is 1. The highest BCUT2D eigenvalue weighted by atomic mass is 16.6. The van der Waals surface area contributed by atoms with E-state index in [1.54, 1.807) is 18.2 Å². The van der Waals surface area contributed by atoms with Gasteiger partial charge in [0.1, 0.15) is 5.75 Å². The van der Waals surface area contributed by atoms with Crippen LogP contribution < -0.4 is 14.2 Å². The Labute approximate surface area is 162 Å². The van der Waals surface area contributed by atoms with Crippen molar-refractivity contribution < 1.29 is 28.3 Å². The van der Waals surface area contributed by atoms with Crippen LogP contribution in [0.3, 0.4) is 0 Å². The van der Waals surface area contributed by atoms with Crippen LogP contribution >= 0.6 is 0 Å². The smallest absolute Gasteiger partial charge is 0.338 e. The summed E-state index contributed by atoms with van der Waals surface area (Å²) in [6.07, 6.45) is 0. The average Bonchev–Trinajstić information content (AvgIpc) is 3.21. The first-order chi connectivity index (χ1) is 13.7. The van der Waals surface area contributed by atoms with Gasteiger partial charge in [0, 0.05) is 0 Å². The molecule has 8 nitrogen and oxygen atoms in total. The van der Waals surface area contributed by atoms with Crippen LogP contribution in [-0.2, 0) is 11.3 Å². The lowest BCUT2D eigenvalue weighted by Gasteiger charge is -2.09. The highest BCUT2D eigenvalue weighted by Crippen LogP contribution is 2.29. The minimum Gasteiger partial charge on any atom is -0.493 e. The third-order valence-electron chi connectivity index (χ3n) is 3.84. The molecule has 3 aromatic rings. The van der Waals surface area contributed by atoms with Gasteiger partial charge in [0.15, 0.2) is 18.1 Å². The molecule has 0 aliphatic heterocycles. The van der Waals surface area contributed by atoms with Gasteiger partial charge in [-0.1, -0.05) is 17.3 Å². The van der Waals surface area contributed by atoms with Crippen molar-refractivity contribution >= 4 is 5.97 Å². The van der Waals surface area contributed by atoms with Crippen LogP contribution in [-0.4, -0.2) is 36.9 Å². The normalized spacial score (nSPS) is 10.4. The minimum atomic E-state index is -0.546. The standard InChI is InChI=1S/C20H20N2O6/c1-4-26-15-8-6-5-7-14(15)19-21-18(28-22-19)12-27-20(23)13-9-10-16(24-2)17(11-13)25-3/h5-11H,4,12H2,1-3H3. The first-order valence-electron chi connectivity index (χ1n) is 8.60. The number of benzene rings is 2. The second-order valence-corrected chi connectivity index (χ2v) is 5.59. The molecule has 1 aromatic heterocycles. The first kappa shape index (κ1) is 19.2. The van der Waals surface area contributed by atoms with Crippen molar-refractivity contribution in [3.05, 3.63) is 53.9 Å². The van der Waals surface area contributed by atoms with E-state index in [0.717, 1.165) is 0 Å². The largest absolute Gasteiger partial charge is 0.493 e. The van der Waals surface area contributed by atoms with Gasteiger partial charge < -0.3 is 23.5 Å². The number of nitrogens with zero attached hydrogens (tertiary/aromatic N) is 2. The molecule has 28 heavy (non-hydrogen) atoms. The van der Waals surface area contributed by atoms with Crippen LogP contribution in [0, 0.1) is 0 Å². The maximum absolute atomic E-state index is 12.3. The number of methoxy groups -OCH3 is 2. The SMILES string of the molecule is CCOc1ccccc1-c1noc(COC(=O)c2ccc(OC)c(OC)c2)n1. The van der Waals surface area contributed by atoms with Crippen LogP contribution in [0.4, 0.5) is 0 Å². The maximum Gasteiger partial charge on any atom is 0.338 e. The molecule has 0 amide bonds. The van der Waals surface area contributed by atoms with E-state index in [0.29, 0.717) is 40.8 Å². The van der Waals surface area contributed by atoms with Crippen LogP contribution in [0.25, 0.3) is 11.4 Å². The van der Waals surface area contributed by atoms with E-state index < -0.39 is 5.97 Å². The Morgan fingerprint density at radius 3 is 2.57 bits per heavy atom. The predicted octanol–water partition coefficient (Wildman–Crippen LogP) is 3.51. The molecule has 0 atom stereocenters. The average molecular weight is 384 g/mol. The Kier molecular flexibility index (Phi) is 6.11. The summed E-state index contributed by atoms with van der Waals surface area (Å²) in [5, 5.41) is 3.94. The van der Waals surface area contributed by atoms with Crippen LogP contribution in [0.5, 0.6) is 17.2 Å². The summed E-state index contributed by atoms with van der Waals surface area (Å²) in [6.45, 7) is 2.26. The number of hydrogen-bond acceptors (Lipinski definition) is 8. The molecule has 0 bridgehead atoms. The molecule has 8 heteroatoms. The van der Waals surface area contributed by atoms with Gasteiger partial charge in [-0.25, -0.2) is 4.79 Å². The van der Waals surface area contributed by atoms with Gasteiger partial charge in [0.25, 0.3) is 5.89 Å². The van der Waals surface area contributed by atoms with Gasteiger partial charge in [0.05, 0.1) is 32.0 Å². The van der Waals surface area contributed by atoms with Crippen LogP contribution in [0.2, 0.25) is 0 Å². The van der Waals surface area contributed by atoms with E-state index in [4.69, 9.17) is 23.5 Å². The fourth-order valence-electron chi connectivity index (χ4n) is 2.53. The second kappa shape index (κ2) is 8.90. The number of para-hydroxylation sites is 1. The van der Waals surface area contributed by atoms with Crippen molar-refractivity contribution in [2.45, 2.75) is 13.5 Å². The Morgan fingerprint density at radius 2 is 1.82 bits per heavy atom. The van der Waals surface area contributed by atoms with Crippen molar-refractivity contribution in [3.8, 4) is 28.6 Å². The fraction of sp³-hybridized carbons (Fsp3) is 0.250. The zero-order chi connectivity index (χ0) is 19.9. The Bertz CT molecular complexity index is 953. The topological polar surface area (TPSA) is 92.9 Å². The molecule has 0 saturated carbocycles. The summed E-state index contributed by atoms with van der Waals surface area (Å²) in [7, 11) is 3.01. The quantitative estimate of drug-likeness (QED) is 0.545. The van der Waals surface area contributed by atoms with Crippen molar-refractivity contribution in [3.63, 3.8) is 0 Å². The number of carbonyl (C=O) groups is 1. The van der Waals surface area contributed by atoms with E-state index in [-0.39, 0.29) is 12.5 Å². The van der Waals surface area contributed by atoms with Gasteiger partial charge in [0.2, 0.25) is 5.82 Å². The van der Waals surface area contributed by atoms with Gasteiger partial charge in [-0.05, 0) is 37.3 Å². The molecule has 0 unspecified atom stereocenters. The molecule has 1 heterocycles. The fourth-order valence-corrected chi connectivity index (χ4v) is 2.53. The van der Waals surface area contributed by atoms with E-state index in [9.17, 15) is 4.79 Å². The molecule has 0 N–H and O–H groups in total. The molecule has 2 aromatic carbocycles. The summed E-state index contributed by atoms with van der Waals surface area (Å²) in [5.74, 6) is 1.60. The first-order valence-corrected chi connectivity index (χ1v) is 8.60. The summed E-state index contributed by atoms with van der Waals surface area (Å²) in [4.78, 5) is 16.5. The Morgan fingerprint density at radius 1 is 1.04 bits per heavy atom. The zero-order valence-corrected chi connectivity index (χ0v) is 15.8. The third-order valence-corrected chi connectivity index (χ3v) is 3.84. The third kappa shape index (κ3) is 4.22. The minimum absolute atomic E-state index is 0.156. The lowest BCUT2D eigenvalue weighted by atomic mass is 10.2. The van der Waals surface area contributed by atoms with Crippen molar-refractivity contribution in [2.24, 2.45) is 0 Å². The second-order valence-electron chi connectivity index (χ2n) is 5.59. The summed E-state index contributed by atoms with van der Waals surface area (Å²) >= 11 is 0. The van der Waals surface area contributed by atoms with E-state index in [1.807, 2.05) is 31.2 Å². The van der Waals surface area contributed by atoms with E-state index in [1.165, 1.54) is 14.2 Å². The molecule has 0 radical (unpaired) electrons. The highest BCUT2D eigenvalue weighted by Gasteiger charge is 2.16. The predicted molar refractivity (Wildman–Crippen MR) is 99.6 cm³/mol. The number of aromatic nitrogens is 2. The summed E-state index contributed by atoms with van der Waals surface area (Å²) in [5.41, 5.74) is 1.02. The number of rotatable bonds is 8. The van der Waals surface area contributed by atoms with Crippen molar-refractivity contribution in [2.75, 3.05) is 20.8 Å². The number of esters is 1. The summed E-state index contributed by atoms with van der Waals surface area (Å²) < 4.78 is 26.3. The molecule has 0 saturated heterocycles. The Balaban J connectivity index is 1.69. The van der Waals surface area contributed by atoms with Crippen LogP contribution in [0.15, 0.2) is 47.0 Å². The lowest BCUT2D eigenvalue weighted by Crippen LogP contribution is -2.06. The van der Waals surface area contributed by atoms with Gasteiger partial charge in [-0.15, -0.1) is 0 Å². The summed E-state index contributed by atoms with van der Waals surface area (Å²) in [6, 6.07) is 12.1. The van der Waals surface area contributed by atoms with Crippen molar-refractivity contribution in [1.29, 1.82) is 0 Å². The van der Waals surface area contributed by atoms with Crippen molar-refractivity contribution in [1.82, 2.24) is 10.1 Å². The molecule has 0 spiro atoms. The zero-order valence-electron chi connectivity index (χ0n) is 15.8. The number of hydrogen-bond donors (Lipinski definition) is 0. The van der Waals surface area contributed by atoms with Gasteiger partial charge in [-0.3, -0.25) is 0 Å². The monoisotopic (exact) mass is 384 g/mol. The number of ether oxygens (including phenoxy) is 4. The molecule has 0 aliphatic rings. The van der Waals surface area contributed by atoms with Gasteiger partial charge >= 0.3 is 5.97 Å². The van der Waals surface area contributed by atoms with E-state index >= 15 is 0 Å². The molecular weight excluding hydrogens is 364 g/mol. The maximum atomic E-state index is 12.3. The van der Waals surface area contributed by atoms with Gasteiger partial charge in [-0.2, -0.15) is 4.98 Å². The molecule has 3 rings (SSSR count). The Hall–Kier alpha value is -3.55.